The number of hydrogen-bond acceptors (Lipinski definition) is 5. The maximum absolute atomic E-state index is 6.19. The van der Waals surface area contributed by atoms with Crippen molar-refractivity contribution >= 4 is 55.3 Å². The zero-order valence-electron chi connectivity index (χ0n) is 19.7. The van der Waals surface area contributed by atoms with Gasteiger partial charge in [0.05, 0.1) is 0 Å². The number of rotatable bonds is 12. The summed E-state index contributed by atoms with van der Waals surface area (Å²) in [5, 5.41) is 2.14. The van der Waals surface area contributed by atoms with Gasteiger partial charge in [-0.25, -0.2) is 0 Å². The van der Waals surface area contributed by atoms with E-state index in [4.69, 9.17) is 9.47 Å². The zero-order valence-corrected chi connectivity index (χ0v) is 25.0. The summed E-state index contributed by atoms with van der Waals surface area (Å²) in [7, 11) is 0. The quantitative estimate of drug-likeness (QED) is 0.195. The molecule has 2 nitrogen and oxygen atoms in total. The van der Waals surface area contributed by atoms with E-state index in [1.807, 2.05) is 11.3 Å². The van der Waals surface area contributed by atoms with Crippen molar-refractivity contribution in [1.29, 1.82) is 0 Å². The molecule has 0 saturated carbocycles. The van der Waals surface area contributed by atoms with Crippen molar-refractivity contribution in [1.82, 2.24) is 0 Å². The van der Waals surface area contributed by atoms with E-state index in [1.54, 1.807) is 14.2 Å². The van der Waals surface area contributed by atoms with Crippen molar-refractivity contribution in [3.63, 3.8) is 0 Å². The fourth-order valence-electron chi connectivity index (χ4n) is 4.72. The summed E-state index contributed by atoms with van der Waals surface area (Å²) in [4.78, 5) is 5.18. The first kappa shape index (κ1) is 24.6. The van der Waals surface area contributed by atoms with Crippen LogP contribution in [0.3, 0.4) is 0 Å². The molecule has 32 heavy (non-hydrogen) atoms. The van der Waals surface area contributed by atoms with Gasteiger partial charge in [0.2, 0.25) is 0 Å². The van der Waals surface area contributed by atoms with E-state index in [0.717, 1.165) is 11.5 Å². The molecule has 0 atom stereocenters. The first-order chi connectivity index (χ1) is 15.7. The molecule has 6 heteroatoms. The van der Waals surface area contributed by atoms with Crippen molar-refractivity contribution in [3.05, 3.63) is 29.6 Å². The van der Waals surface area contributed by atoms with E-state index in [-0.39, 0.29) is 0 Å². The third-order valence-corrected chi connectivity index (χ3v) is 28.3. The maximum atomic E-state index is 6.19. The molecule has 174 valence electrons. The fourth-order valence-corrected chi connectivity index (χ4v) is 27.0. The van der Waals surface area contributed by atoms with Crippen LogP contribution >= 0.6 is 34.0 Å². The van der Waals surface area contributed by atoms with Crippen molar-refractivity contribution in [3.8, 4) is 31.0 Å². The molecule has 1 aliphatic rings. The van der Waals surface area contributed by atoms with E-state index >= 15 is 0 Å². The minimum absolute atomic E-state index is 0.641. The first-order valence-corrected chi connectivity index (χ1v) is 22.3. The van der Waals surface area contributed by atoms with Crippen molar-refractivity contribution < 1.29 is 9.47 Å². The van der Waals surface area contributed by atoms with Gasteiger partial charge < -0.3 is 0 Å². The second kappa shape index (κ2) is 11.8. The van der Waals surface area contributed by atoms with E-state index in [9.17, 15) is 0 Å². The second-order valence-corrected chi connectivity index (χ2v) is 26.1. The molecule has 3 aromatic heterocycles. The third-order valence-electron chi connectivity index (χ3n) is 6.52. The van der Waals surface area contributed by atoms with Crippen molar-refractivity contribution in [2.45, 2.75) is 72.6 Å². The molecule has 0 amide bonds. The topological polar surface area (TPSA) is 18.5 Å². The molecule has 0 bridgehead atoms. The van der Waals surface area contributed by atoms with Crippen LogP contribution in [-0.4, -0.2) is 31.6 Å². The van der Waals surface area contributed by atoms with Gasteiger partial charge in [-0.05, 0) is 0 Å². The Morgan fingerprint density at radius 1 is 0.750 bits per heavy atom. The summed E-state index contributed by atoms with van der Waals surface area (Å²) in [6.45, 7) is 8.36. The fraction of sp³-hybridized carbons (Fsp3) is 0.538. The Hall–Kier alpha value is -0.501. The molecule has 0 fully saturated rings. The molecule has 0 spiro atoms. The number of ether oxygens (including phenoxy) is 2. The molecule has 0 N–H and O–H groups in total. The molecule has 4 rings (SSSR count). The molecule has 0 saturated heterocycles. The Labute approximate surface area is 209 Å². The van der Waals surface area contributed by atoms with Crippen LogP contribution < -0.4 is 12.4 Å². The number of hydrogen-bond donors (Lipinski definition) is 0. The van der Waals surface area contributed by atoms with Gasteiger partial charge in [0.15, 0.2) is 0 Å². The Balaban J connectivity index is 1.73. The summed E-state index contributed by atoms with van der Waals surface area (Å²) < 4.78 is 18.7. The second-order valence-electron chi connectivity index (χ2n) is 8.85. The van der Waals surface area contributed by atoms with Gasteiger partial charge in [0.25, 0.3) is 0 Å². The predicted molar refractivity (Wildman–Crippen MR) is 146 cm³/mol. The van der Waals surface area contributed by atoms with E-state index in [2.05, 4.69) is 61.8 Å². The molecule has 0 aromatic carbocycles. The Morgan fingerprint density at radius 3 is 1.88 bits per heavy atom. The van der Waals surface area contributed by atoms with Gasteiger partial charge in [-0.1, -0.05) is 0 Å². The van der Waals surface area contributed by atoms with Crippen LogP contribution in [0.1, 0.15) is 59.3 Å². The normalized spacial score (nSPS) is 13.6. The average Bonchev–Trinajstić information content (AvgIpc) is 3.58. The molecule has 0 radical (unpaired) electrons. The van der Waals surface area contributed by atoms with Crippen LogP contribution in [0.2, 0.25) is 13.3 Å². The molecule has 4 heterocycles. The summed E-state index contributed by atoms with van der Waals surface area (Å²) in [6, 6.07) is 9.24. The van der Waals surface area contributed by atoms with Crippen LogP contribution in [-0.2, 0) is 0 Å². The molecule has 0 unspecified atom stereocenters. The van der Waals surface area contributed by atoms with Crippen LogP contribution in [0.15, 0.2) is 29.6 Å². The van der Waals surface area contributed by atoms with Crippen molar-refractivity contribution in [2.75, 3.05) is 13.2 Å². The SMILES string of the molecule is CCC[CH2][Sn]([CH2]CCC)([CH2]CCC)[c]1ccc(-c2sc(-c3cccs3)c3c2OCCO3)s1. The average molecular weight is 595 g/mol. The van der Waals surface area contributed by atoms with Crippen LogP contribution in [0, 0.1) is 0 Å². The predicted octanol–water partition coefficient (Wildman–Crippen LogP) is 9.03. The number of unbranched alkanes of at least 4 members (excludes halogenated alkanes) is 3. The van der Waals surface area contributed by atoms with Gasteiger partial charge in [-0.15, -0.1) is 0 Å². The first-order valence-electron chi connectivity index (χ1n) is 12.3. The molecular formula is C26H36O2S3Sn. The summed E-state index contributed by atoms with van der Waals surface area (Å²) in [6.07, 6.45) is 8.19. The van der Waals surface area contributed by atoms with E-state index < -0.39 is 18.4 Å². The van der Waals surface area contributed by atoms with Gasteiger partial charge in [-0.3, -0.25) is 0 Å². The monoisotopic (exact) mass is 596 g/mol. The summed E-state index contributed by atoms with van der Waals surface area (Å²) in [5.74, 6) is 1.95. The van der Waals surface area contributed by atoms with Gasteiger partial charge in [0, 0.05) is 0 Å². The molecule has 0 aliphatic carbocycles. The summed E-state index contributed by atoms with van der Waals surface area (Å²) >= 11 is 3.34. The third kappa shape index (κ3) is 5.26. The van der Waals surface area contributed by atoms with E-state index in [0.29, 0.717) is 13.2 Å². The Bertz CT molecular complexity index is 952. The van der Waals surface area contributed by atoms with Gasteiger partial charge >= 0.3 is 211 Å². The van der Waals surface area contributed by atoms with Crippen LogP contribution in [0.25, 0.3) is 19.5 Å². The molecular weight excluding hydrogens is 559 g/mol. The number of thiophene rings is 3. The molecule has 1 aliphatic heterocycles. The van der Waals surface area contributed by atoms with E-state index in [1.165, 1.54) is 71.3 Å². The Morgan fingerprint density at radius 2 is 1.34 bits per heavy atom. The molecule has 3 aromatic rings. The van der Waals surface area contributed by atoms with Crippen molar-refractivity contribution in [2.24, 2.45) is 0 Å². The Kier molecular flexibility index (Phi) is 9.05. The number of fused-ring (bicyclic) bond motifs is 1. The van der Waals surface area contributed by atoms with Crippen LogP contribution in [0.4, 0.5) is 0 Å². The summed E-state index contributed by atoms with van der Waals surface area (Å²) in [5.41, 5.74) is 0. The van der Waals surface area contributed by atoms with Gasteiger partial charge in [-0.2, -0.15) is 0 Å². The standard InChI is InChI=1S/C14H9O2S3.3C4H9.Sn/c1-3-9(17-7-1)13-11-12(16-6-5-15-11)14(19-13)10-4-2-8-18-10;3*1-3-4-2;/h1-4,7H,5-6H2;3*1,3-4H2,2H3;. The van der Waals surface area contributed by atoms with Gasteiger partial charge in [0.1, 0.15) is 0 Å². The van der Waals surface area contributed by atoms with Crippen LogP contribution in [0.5, 0.6) is 11.5 Å². The zero-order chi connectivity index (χ0) is 22.4. The minimum atomic E-state index is -2.40.